The Hall–Kier alpha value is -1.69. The lowest BCUT2D eigenvalue weighted by molar-refractivity contribution is -0.128. The van der Waals surface area contributed by atoms with Crippen molar-refractivity contribution in [2.75, 3.05) is 25.0 Å². The minimum atomic E-state index is 0.174. The first-order chi connectivity index (χ1) is 10.8. The number of carbonyl (C=O) groups excluding carboxylic acids is 1. The summed E-state index contributed by atoms with van der Waals surface area (Å²) in [6.45, 7) is 2.12. The number of aromatic nitrogens is 2. The normalized spacial score (nSPS) is 17.7. The van der Waals surface area contributed by atoms with Crippen LogP contribution >= 0.6 is 11.3 Å². The van der Waals surface area contributed by atoms with Crippen LogP contribution in [0.3, 0.4) is 0 Å². The lowest BCUT2D eigenvalue weighted by Gasteiger charge is -2.16. The van der Waals surface area contributed by atoms with E-state index in [0.717, 1.165) is 54.8 Å². The van der Waals surface area contributed by atoms with Gasteiger partial charge in [-0.15, -0.1) is 11.3 Å². The van der Waals surface area contributed by atoms with Gasteiger partial charge < -0.3 is 10.2 Å². The maximum Gasteiger partial charge on any atom is 0.241 e. The molecule has 1 N–H and O–H groups in total. The van der Waals surface area contributed by atoms with E-state index in [1.54, 1.807) is 17.7 Å². The number of hydrogen-bond acceptors (Lipinski definition) is 5. The molecule has 3 heterocycles. The number of carbonyl (C=O) groups is 1. The predicted molar refractivity (Wildman–Crippen MR) is 88.4 cm³/mol. The summed E-state index contributed by atoms with van der Waals surface area (Å²) in [5.41, 5.74) is 1.41. The molecule has 0 radical (unpaired) electrons. The Kier molecular flexibility index (Phi) is 3.70. The number of rotatable bonds is 3. The third-order valence-corrected chi connectivity index (χ3v) is 5.82. The molecule has 116 valence electrons. The zero-order chi connectivity index (χ0) is 14.9. The topological polar surface area (TPSA) is 58.1 Å². The molecule has 5 nitrogen and oxygen atoms in total. The van der Waals surface area contributed by atoms with Crippen LogP contribution in [0.5, 0.6) is 0 Å². The number of anilines is 1. The molecule has 0 spiro atoms. The average molecular weight is 316 g/mol. The predicted octanol–water partition coefficient (Wildman–Crippen LogP) is 2.60. The lowest BCUT2D eigenvalue weighted by Crippen LogP contribution is -2.33. The molecule has 22 heavy (non-hydrogen) atoms. The molecule has 6 heteroatoms. The molecule has 1 amide bonds. The molecule has 2 aliphatic rings. The van der Waals surface area contributed by atoms with E-state index in [2.05, 4.69) is 15.3 Å². The molecule has 0 unspecified atom stereocenters. The van der Waals surface area contributed by atoms with Crippen molar-refractivity contribution in [3.63, 3.8) is 0 Å². The molecular formula is C16H20N4OS. The van der Waals surface area contributed by atoms with Crippen molar-refractivity contribution < 1.29 is 4.79 Å². The molecule has 0 saturated carbocycles. The SMILES string of the molecule is O=C(CNc1ncnc2sc3c(c12)CCCC3)N1CCCC1. The van der Waals surface area contributed by atoms with Gasteiger partial charge in [0.1, 0.15) is 17.0 Å². The van der Waals surface area contributed by atoms with Crippen LogP contribution in [0.1, 0.15) is 36.1 Å². The van der Waals surface area contributed by atoms with Crippen LogP contribution in [0.15, 0.2) is 6.33 Å². The summed E-state index contributed by atoms with van der Waals surface area (Å²) in [4.78, 5) is 25.5. The van der Waals surface area contributed by atoms with Crippen LogP contribution in [-0.4, -0.2) is 40.4 Å². The van der Waals surface area contributed by atoms with Gasteiger partial charge in [-0.2, -0.15) is 0 Å². The van der Waals surface area contributed by atoms with E-state index in [9.17, 15) is 4.79 Å². The molecular weight excluding hydrogens is 296 g/mol. The number of nitrogens with zero attached hydrogens (tertiary/aromatic N) is 3. The van der Waals surface area contributed by atoms with E-state index in [4.69, 9.17) is 0 Å². The van der Waals surface area contributed by atoms with Gasteiger partial charge in [0.2, 0.25) is 5.91 Å². The maximum absolute atomic E-state index is 12.2. The summed E-state index contributed by atoms with van der Waals surface area (Å²) < 4.78 is 0. The maximum atomic E-state index is 12.2. The highest BCUT2D eigenvalue weighted by molar-refractivity contribution is 7.19. The van der Waals surface area contributed by atoms with E-state index in [1.807, 2.05) is 4.90 Å². The first-order valence-corrected chi connectivity index (χ1v) is 8.91. The molecule has 0 aromatic carbocycles. The minimum Gasteiger partial charge on any atom is -0.360 e. The molecule has 1 aliphatic carbocycles. The van der Waals surface area contributed by atoms with Gasteiger partial charge in [0, 0.05) is 18.0 Å². The van der Waals surface area contributed by atoms with Crippen LogP contribution in [-0.2, 0) is 17.6 Å². The van der Waals surface area contributed by atoms with Crippen molar-refractivity contribution in [3.05, 3.63) is 16.8 Å². The van der Waals surface area contributed by atoms with Crippen LogP contribution in [0.25, 0.3) is 10.2 Å². The van der Waals surface area contributed by atoms with Gasteiger partial charge in [0.05, 0.1) is 11.9 Å². The Morgan fingerprint density at radius 2 is 2.00 bits per heavy atom. The Morgan fingerprint density at radius 3 is 2.86 bits per heavy atom. The fourth-order valence-corrected chi connectivity index (χ4v) is 4.69. The Labute approximate surface area is 133 Å². The number of nitrogens with one attached hydrogen (secondary N) is 1. The summed E-state index contributed by atoms with van der Waals surface area (Å²) in [5.74, 6) is 1.00. The molecule has 0 atom stereocenters. The summed E-state index contributed by atoms with van der Waals surface area (Å²) in [7, 11) is 0. The van der Waals surface area contributed by atoms with E-state index in [0.29, 0.717) is 6.54 Å². The molecule has 2 aromatic heterocycles. The monoisotopic (exact) mass is 316 g/mol. The molecule has 1 saturated heterocycles. The first kappa shape index (κ1) is 13.9. The van der Waals surface area contributed by atoms with E-state index < -0.39 is 0 Å². The minimum absolute atomic E-state index is 0.174. The zero-order valence-corrected chi connectivity index (χ0v) is 13.4. The third kappa shape index (κ3) is 2.45. The van der Waals surface area contributed by atoms with Gasteiger partial charge >= 0.3 is 0 Å². The van der Waals surface area contributed by atoms with Crippen LogP contribution < -0.4 is 5.32 Å². The zero-order valence-electron chi connectivity index (χ0n) is 12.6. The smallest absolute Gasteiger partial charge is 0.241 e. The molecule has 1 aliphatic heterocycles. The lowest BCUT2D eigenvalue weighted by atomic mass is 9.97. The number of thiophene rings is 1. The molecule has 4 rings (SSSR count). The number of likely N-dealkylation sites (tertiary alicyclic amines) is 1. The van der Waals surface area contributed by atoms with Gasteiger partial charge in [-0.25, -0.2) is 9.97 Å². The average Bonchev–Trinajstić information content (AvgIpc) is 3.19. The fraction of sp³-hybridized carbons (Fsp3) is 0.562. The number of aryl methyl sites for hydroxylation is 2. The highest BCUT2D eigenvalue weighted by Crippen LogP contribution is 2.38. The van der Waals surface area contributed by atoms with Gasteiger partial charge in [-0.1, -0.05) is 0 Å². The van der Waals surface area contributed by atoms with Crippen molar-refractivity contribution in [3.8, 4) is 0 Å². The van der Waals surface area contributed by atoms with E-state index in [-0.39, 0.29) is 5.91 Å². The quantitative estimate of drug-likeness (QED) is 0.945. The van der Waals surface area contributed by atoms with Gasteiger partial charge in [0.25, 0.3) is 0 Å². The fourth-order valence-electron chi connectivity index (χ4n) is 3.46. The van der Waals surface area contributed by atoms with E-state index in [1.165, 1.54) is 23.3 Å². The molecule has 0 bridgehead atoms. The second kappa shape index (κ2) is 5.83. The van der Waals surface area contributed by atoms with E-state index >= 15 is 0 Å². The van der Waals surface area contributed by atoms with Gasteiger partial charge in [-0.05, 0) is 44.1 Å². The summed E-state index contributed by atoms with van der Waals surface area (Å²) >= 11 is 1.79. The highest BCUT2D eigenvalue weighted by atomic mass is 32.1. The second-order valence-corrected chi connectivity index (χ2v) is 7.14. The summed E-state index contributed by atoms with van der Waals surface area (Å²) in [5, 5.41) is 4.41. The number of fused-ring (bicyclic) bond motifs is 3. The number of amides is 1. The second-order valence-electron chi connectivity index (χ2n) is 6.05. The van der Waals surface area contributed by atoms with Gasteiger partial charge in [-0.3, -0.25) is 4.79 Å². The van der Waals surface area contributed by atoms with Crippen LogP contribution in [0.2, 0.25) is 0 Å². The summed E-state index contributed by atoms with van der Waals surface area (Å²) in [6, 6.07) is 0. The van der Waals surface area contributed by atoms with Crippen molar-refractivity contribution in [2.24, 2.45) is 0 Å². The van der Waals surface area contributed by atoms with Gasteiger partial charge in [0.15, 0.2) is 0 Å². The number of hydrogen-bond donors (Lipinski definition) is 1. The Balaban J connectivity index is 1.58. The third-order valence-electron chi connectivity index (χ3n) is 4.62. The van der Waals surface area contributed by atoms with Crippen LogP contribution in [0, 0.1) is 0 Å². The standard InChI is InChI=1S/C16H20N4OS/c21-13(20-7-3-4-8-20)9-17-15-14-11-5-1-2-6-12(11)22-16(14)19-10-18-15/h10H,1-9H2,(H,17,18,19). The molecule has 1 fully saturated rings. The Morgan fingerprint density at radius 1 is 1.18 bits per heavy atom. The van der Waals surface area contributed by atoms with Crippen LogP contribution in [0.4, 0.5) is 5.82 Å². The first-order valence-electron chi connectivity index (χ1n) is 8.10. The Bertz CT molecular complexity index is 705. The molecule has 2 aromatic rings. The van der Waals surface area contributed by atoms with Crippen molar-refractivity contribution in [2.45, 2.75) is 38.5 Å². The largest absolute Gasteiger partial charge is 0.360 e. The van der Waals surface area contributed by atoms with Crippen molar-refractivity contribution in [1.29, 1.82) is 0 Å². The van der Waals surface area contributed by atoms with Crippen molar-refractivity contribution >= 4 is 33.3 Å². The summed E-state index contributed by atoms with van der Waals surface area (Å²) in [6.07, 6.45) is 8.62. The van der Waals surface area contributed by atoms with Crippen molar-refractivity contribution in [1.82, 2.24) is 14.9 Å². The highest BCUT2D eigenvalue weighted by Gasteiger charge is 2.21.